The van der Waals surface area contributed by atoms with Crippen LogP contribution in [0, 0.1) is 6.92 Å². The van der Waals surface area contributed by atoms with E-state index in [-0.39, 0.29) is 24.9 Å². The van der Waals surface area contributed by atoms with Gasteiger partial charge < -0.3 is 14.2 Å². The highest BCUT2D eigenvalue weighted by molar-refractivity contribution is 6.00. The van der Waals surface area contributed by atoms with Crippen LogP contribution in [0.4, 0.5) is 0 Å². The number of rotatable bonds is 8. The fraction of sp³-hybridized carbons (Fsp3) is 0.333. The second-order valence-corrected chi connectivity index (χ2v) is 6.27. The first-order valence-electron chi connectivity index (χ1n) is 8.47. The molecule has 2 aromatic carbocycles. The molecule has 0 bridgehead atoms. The summed E-state index contributed by atoms with van der Waals surface area (Å²) in [6, 6.07) is 12.7. The maximum absolute atomic E-state index is 12.2. The lowest BCUT2D eigenvalue weighted by molar-refractivity contribution is -0.144. The van der Waals surface area contributed by atoms with Crippen molar-refractivity contribution in [3.8, 4) is 11.5 Å². The molecule has 5 nitrogen and oxygen atoms in total. The summed E-state index contributed by atoms with van der Waals surface area (Å²) in [6.45, 7) is 5.47. The van der Waals surface area contributed by atoms with E-state index in [2.05, 4.69) is 13.8 Å². The van der Waals surface area contributed by atoms with Crippen LogP contribution < -0.4 is 9.47 Å². The van der Waals surface area contributed by atoms with Crippen molar-refractivity contribution < 1.29 is 23.8 Å². The number of Topliss-reactive ketones (excluding diaryl/α,β-unsaturated/α-hetero) is 1. The molecule has 0 aliphatic heterocycles. The number of methoxy groups -OCH3 is 1. The fourth-order valence-corrected chi connectivity index (χ4v) is 2.52. The SMILES string of the molecule is COc1ccccc1C(=O)COC(=O)COc1cc(C)ccc1C(C)C. The topological polar surface area (TPSA) is 61.8 Å². The number of ketones is 1. The zero-order valence-corrected chi connectivity index (χ0v) is 15.6. The Morgan fingerprint density at radius 3 is 2.42 bits per heavy atom. The average Bonchev–Trinajstić information content (AvgIpc) is 2.64. The highest BCUT2D eigenvalue weighted by Crippen LogP contribution is 2.27. The van der Waals surface area contributed by atoms with Crippen molar-refractivity contribution in [2.45, 2.75) is 26.7 Å². The maximum atomic E-state index is 12.2. The van der Waals surface area contributed by atoms with E-state index in [1.807, 2.05) is 25.1 Å². The monoisotopic (exact) mass is 356 g/mol. The van der Waals surface area contributed by atoms with Crippen molar-refractivity contribution in [2.24, 2.45) is 0 Å². The Balaban J connectivity index is 1.92. The molecule has 2 aromatic rings. The summed E-state index contributed by atoms with van der Waals surface area (Å²) >= 11 is 0. The van der Waals surface area contributed by atoms with Crippen LogP contribution in [0.5, 0.6) is 11.5 Å². The number of carbonyl (C=O) groups is 2. The minimum absolute atomic E-state index is 0.248. The minimum atomic E-state index is -0.593. The van der Waals surface area contributed by atoms with Crippen LogP contribution in [0.15, 0.2) is 42.5 Å². The normalized spacial score (nSPS) is 10.5. The molecule has 0 heterocycles. The van der Waals surface area contributed by atoms with Gasteiger partial charge in [-0.05, 0) is 42.2 Å². The summed E-state index contributed by atoms with van der Waals surface area (Å²) in [5.41, 5.74) is 2.45. The Morgan fingerprint density at radius 2 is 1.73 bits per heavy atom. The molecule has 0 aromatic heterocycles. The highest BCUT2D eigenvalue weighted by atomic mass is 16.6. The number of hydrogen-bond acceptors (Lipinski definition) is 5. The predicted molar refractivity (Wildman–Crippen MR) is 99.0 cm³/mol. The van der Waals surface area contributed by atoms with E-state index in [0.29, 0.717) is 17.1 Å². The average molecular weight is 356 g/mol. The fourth-order valence-electron chi connectivity index (χ4n) is 2.52. The zero-order chi connectivity index (χ0) is 19.1. The second kappa shape index (κ2) is 9.04. The van der Waals surface area contributed by atoms with E-state index in [4.69, 9.17) is 14.2 Å². The van der Waals surface area contributed by atoms with E-state index in [0.717, 1.165) is 11.1 Å². The van der Waals surface area contributed by atoms with E-state index in [9.17, 15) is 9.59 Å². The number of carbonyl (C=O) groups excluding carboxylic acids is 2. The molecule has 0 saturated heterocycles. The van der Waals surface area contributed by atoms with Crippen LogP contribution >= 0.6 is 0 Å². The first-order chi connectivity index (χ1) is 12.4. The molecule has 0 spiro atoms. The van der Waals surface area contributed by atoms with Gasteiger partial charge in [0.2, 0.25) is 5.78 Å². The molecule has 0 saturated carbocycles. The molecule has 5 heteroatoms. The van der Waals surface area contributed by atoms with Gasteiger partial charge >= 0.3 is 5.97 Å². The Bertz CT molecular complexity index is 780. The quantitative estimate of drug-likeness (QED) is 0.530. The van der Waals surface area contributed by atoms with Gasteiger partial charge in [0.15, 0.2) is 13.2 Å². The maximum Gasteiger partial charge on any atom is 0.344 e. The van der Waals surface area contributed by atoms with Gasteiger partial charge in [-0.15, -0.1) is 0 Å². The van der Waals surface area contributed by atoms with E-state index < -0.39 is 5.97 Å². The third-order valence-electron chi connectivity index (χ3n) is 3.91. The minimum Gasteiger partial charge on any atom is -0.496 e. The van der Waals surface area contributed by atoms with E-state index in [1.54, 1.807) is 24.3 Å². The third kappa shape index (κ3) is 5.09. The number of esters is 1. The molecular formula is C21H24O5. The Kier molecular flexibility index (Phi) is 6.78. The van der Waals surface area contributed by atoms with Crippen molar-refractivity contribution in [1.82, 2.24) is 0 Å². The number of hydrogen-bond donors (Lipinski definition) is 0. The molecule has 0 radical (unpaired) electrons. The van der Waals surface area contributed by atoms with Gasteiger partial charge in [0.05, 0.1) is 12.7 Å². The van der Waals surface area contributed by atoms with Gasteiger partial charge in [0.1, 0.15) is 11.5 Å². The van der Waals surface area contributed by atoms with Crippen molar-refractivity contribution in [1.29, 1.82) is 0 Å². The van der Waals surface area contributed by atoms with Crippen molar-refractivity contribution in [3.63, 3.8) is 0 Å². The van der Waals surface area contributed by atoms with E-state index >= 15 is 0 Å². The second-order valence-electron chi connectivity index (χ2n) is 6.27. The Hall–Kier alpha value is -2.82. The largest absolute Gasteiger partial charge is 0.496 e. The zero-order valence-electron chi connectivity index (χ0n) is 15.6. The standard InChI is InChI=1S/C21H24O5/c1-14(2)16-10-9-15(3)11-20(16)25-13-21(23)26-12-18(22)17-7-5-6-8-19(17)24-4/h5-11,14H,12-13H2,1-4H3. The van der Waals surface area contributed by atoms with Gasteiger partial charge in [-0.1, -0.05) is 38.1 Å². The molecule has 0 unspecified atom stereocenters. The van der Waals surface area contributed by atoms with Crippen LogP contribution in [0.1, 0.15) is 41.3 Å². The van der Waals surface area contributed by atoms with Crippen LogP contribution in [0.2, 0.25) is 0 Å². The van der Waals surface area contributed by atoms with E-state index in [1.165, 1.54) is 7.11 Å². The van der Waals surface area contributed by atoms with Gasteiger partial charge in [0.25, 0.3) is 0 Å². The summed E-state index contributed by atoms with van der Waals surface area (Å²) in [5, 5.41) is 0. The van der Waals surface area contributed by atoms with Gasteiger partial charge in [0, 0.05) is 0 Å². The summed E-state index contributed by atoms with van der Waals surface area (Å²) in [4.78, 5) is 24.1. The first kappa shape index (κ1) is 19.5. The lowest BCUT2D eigenvalue weighted by Crippen LogP contribution is -2.20. The molecule has 0 fully saturated rings. The van der Waals surface area contributed by atoms with Crippen molar-refractivity contribution >= 4 is 11.8 Å². The molecule has 0 aliphatic rings. The Morgan fingerprint density at radius 1 is 1.00 bits per heavy atom. The lowest BCUT2D eigenvalue weighted by atomic mass is 10.0. The first-order valence-corrected chi connectivity index (χ1v) is 8.47. The molecule has 0 amide bonds. The highest BCUT2D eigenvalue weighted by Gasteiger charge is 2.15. The lowest BCUT2D eigenvalue weighted by Gasteiger charge is -2.14. The molecule has 26 heavy (non-hydrogen) atoms. The van der Waals surface area contributed by atoms with Crippen LogP contribution in [0.3, 0.4) is 0 Å². The number of ether oxygens (including phenoxy) is 3. The summed E-state index contributed by atoms with van der Waals surface area (Å²) in [7, 11) is 1.49. The number of benzene rings is 2. The number of para-hydroxylation sites is 1. The number of aryl methyl sites for hydroxylation is 1. The predicted octanol–water partition coefficient (Wildman–Crippen LogP) is 3.93. The van der Waals surface area contributed by atoms with Crippen LogP contribution in [0.25, 0.3) is 0 Å². The summed E-state index contributed by atoms with van der Waals surface area (Å²) < 4.78 is 15.8. The molecule has 0 aliphatic carbocycles. The third-order valence-corrected chi connectivity index (χ3v) is 3.91. The van der Waals surface area contributed by atoms with Crippen molar-refractivity contribution in [2.75, 3.05) is 20.3 Å². The molecule has 0 N–H and O–H groups in total. The van der Waals surface area contributed by atoms with Crippen LogP contribution in [-0.2, 0) is 9.53 Å². The molecule has 138 valence electrons. The molecular weight excluding hydrogens is 332 g/mol. The Labute approximate surface area is 153 Å². The van der Waals surface area contributed by atoms with Gasteiger partial charge in [-0.25, -0.2) is 4.79 Å². The molecule has 0 atom stereocenters. The molecule has 2 rings (SSSR count). The smallest absolute Gasteiger partial charge is 0.344 e. The van der Waals surface area contributed by atoms with Gasteiger partial charge in [-0.2, -0.15) is 0 Å². The van der Waals surface area contributed by atoms with Crippen molar-refractivity contribution in [3.05, 3.63) is 59.2 Å². The summed E-state index contributed by atoms with van der Waals surface area (Å²) in [6.07, 6.45) is 0. The van der Waals surface area contributed by atoms with Gasteiger partial charge in [-0.3, -0.25) is 4.79 Å². The van der Waals surface area contributed by atoms with Crippen LogP contribution in [-0.4, -0.2) is 32.1 Å². The summed E-state index contributed by atoms with van der Waals surface area (Å²) in [5.74, 6) is 0.464.